The third-order valence-corrected chi connectivity index (χ3v) is 2.65. The molecule has 0 saturated heterocycles. The first kappa shape index (κ1) is 17.8. The van der Waals surface area contributed by atoms with Crippen LogP contribution in [0.2, 0.25) is 0 Å². The van der Waals surface area contributed by atoms with E-state index in [2.05, 4.69) is 19.2 Å². The van der Waals surface area contributed by atoms with Gasteiger partial charge in [-0.1, -0.05) is 13.8 Å². The summed E-state index contributed by atoms with van der Waals surface area (Å²) < 4.78 is 10.7. The molecule has 0 fully saturated rings. The van der Waals surface area contributed by atoms with Gasteiger partial charge in [-0.05, 0) is 32.6 Å². The highest BCUT2D eigenvalue weighted by atomic mass is 16.5. The maximum Gasteiger partial charge on any atom is 0.0897 e. The van der Waals surface area contributed by atoms with Gasteiger partial charge in [-0.15, -0.1) is 0 Å². The molecule has 0 aliphatic rings. The fourth-order valence-corrected chi connectivity index (χ4v) is 1.56. The SMILES string of the molecule is CCOCC(C)NCC(O)COCCCC(C)C. The van der Waals surface area contributed by atoms with Crippen LogP contribution in [0.25, 0.3) is 0 Å². The molecular formula is C14H31NO3. The lowest BCUT2D eigenvalue weighted by molar-refractivity contribution is 0.0313. The molecule has 4 nitrogen and oxygen atoms in total. The van der Waals surface area contributed by atoms with Gasteiger partial charge in [0.05, 0.1) is 19.3 Å². The molecule has 18 heavy (non-hydrogen) atoms. The standard InChI is InChI=1S/C14H31NO3/c1-5-17-10-13(4)15-9-14(16)11-18-8-6-7-12(2)3/h12-16H,5-11H2,1-4H3. The molecule has 2 unspecified atom stereocenters. The Hall–Kier alpha value is -0.160. The molecule has 0 aromatic heterocycles. The van der Waals surface area contributed by atoms with Gasteiger partial charge in [-0.25, -0.2) is 0 Å². The number of hydrogen-bond donors (Lipinski definition) is 2. The van der Waals surface area contributed by atoms with Gasteiger partial charge in [0.15, 0.2) is 0 Å². The van der Waals surface area contributed by atoms with Gasteiger partial charge in [0.2, 0.25) is 0 Å². The van der Waals surface area contributed by atoms with Crippen molar-refractivity contribution < 1.29 is 14.6 Å². The summed E-state index contributed by atoms with van der Waals surface area (Å²) in [5.41, 5.74) is 0. The number of ether oxygens (including phenoxy) is 2. The monoisotopic (exact) mass is 261 g/mol. The fourth-order valence-electron chi connectivity index (χ4n) is 1.56. The molecule has 0 spiro atoms. The van der Waals surface area contributed by atoms with Gasteiger partial charge in [0.25, 0.3) is 0 Å². The van der Waals surface area contributed by atoms with Crippen molar-refractivity contribution in [3.05, 3.63) is 0 Å². The average Bonchev–Trinajstić information content (AvgIpc) is 2.33. The molecule has 0 aliphatic carbocycles. The molecule has 4 heteroatoms. The molecule has 0 aliphatic heterocycles. The molecular weight excluding hydrogens is 230 g/mol. The Kier molecular flexibility index (Phi) is 11.8. The van der Waals surface area contributed by atoms with Gasteiger partial charge in [-0.3, -0.25) is 0 Å². The Balaban J connectivity index is 3.34. The first-order chi connectivity index (χ1) is 8.56. The highest BCUT2D eigenvalue weighted by Crippen LogP contribution is 2.03. The second-order valence-electron chi connectivity index (χ2n) is 5.23. The zero-order chi connectivity index (χ0) is 13.8. The molecule has 2 atom stereocenters. The van der Waals surface area contributed by atoms with Crippen LogP contribution in [0.3, 0.4) is 0 Å². The third kappa shape index (κ3) is 12.3. The van der Waals surface area contributed by atoms with E-state index in [1.54, 1.807) is 0 Å². The van der Waals surface area contributed by atoms with Crippen LogP contribution in [0.15, 0.2) is 0 Å². The Bertz CT molecular complexity index is 176. The summed E-state index contributed by atoms with van der Waals surface area (Å²) >= 11 is 0. The van der Waals surface area contributed by atoms with Crippen LogP contribution >= 0.6 is 0 Å². The maximum absolute atomic E-state index is 9.70. The average molecular weight is 261 g/mol. The topological polar surface area (TPSA) is 50.7 Å². The molecule has 0 heterocycles. The van der Waals surface area contributed by atoms with Crippen molar-refractivity contribution in [3.8, 4) is 0 Å². The van der Waals surface area contributed by atoms with Crippen LogP contribution in [0.1, 0.15) is 40.5 Å². The second-order valence-corrected chi connectivity index (χ2v) is 5.23. The maximum atomic E-state index is 9.70. The lowest BCUT2D eigenvalue weighted by atomic mass is 10.1. The van der Waals surface area contributed by atoms with Crippen LogP contribution in [0.5, 0.6) is 0 Å². The first-order valence-corrected chi connectivity index (χ1v) is 7.13. The summed E-state index contributed by atoms with van der Waals surface area (Å²) in [7, 11) is 0. The van der Waals surface area contributed by atoms with E-state index in [0.29, 0.717) is 19.8 Å². The predicted octanol–water partition coefficient (Wildman–Crippen LogP) is 1.81. The zero-order valence-corrected chi connectivity index (χ0v) is 12.4. The summed E-state index contributed by atoms with van der Waals surface area (Å²) in [5.74, 6) is 0.722. The normalized spacial score (nSPS) is 15.0. The lowest BCUT2D eigenvalue weighted by Crippen LogP contribution is -2.38. The Morgan fingerprint density at radius 2 is 1.83 bits per heavy atom. The van der Waals surface area contributed by atoms with E-state index < -0.39 is 6.10 Å². The van der Waals surface area contributed by atoms with Crippen LogP contribution in [-0.4, -0.2) is 50.2 Å². The summed E-state index contributed by atoms with van der Waals surface area (Å²) in [5, 5.41) is 12.9. The van der Waals surface area contributed by atoms with E-state index in [1.807, 2.05) is 13.8 Å². The van der Waals surface area contributed by atoms with Gasteiger partial charge in [-0.2, -0.15) is 0 Å². The van der Waals surface area contributed by atoms with Crippen LogP contribution in [-0.2, 0) is 9.47 Å². The van der Waals surface area contributed by atoms with Crippen LogP contribution in [0, 0.1) is 5.92 Å². The van der Waals surface area contributed by atoms with E-state index in [4.69, 9.17) is 9.47 Å². The van der Waals surface area contributed by atoms with Crippen molar-refractivity contribution >= 4 is 0 Å². The lowest BCUT2D eigenvalue weighted by Gasteiger charge is -2.17. The Morgan fingerprint density at radius 1 is 1.11 bits per heavy atom. The molecule has 0 amide bonds. The van der Waals surface area contributed by atoms with Gasteiger partial charge < -0.3 is 19.9 Å². The quantitative estimate of drug-likeness (QED) is 0.526. The molecule has 0 rings (SSSR count). The molecule has 0 bridgehead atoms. The van der Waals surface area contributed by atoms with Gasteiger partial charge in [0, 0.05) is 25.8 Å². The van der Waals surface area contributed by atoms with Crippen molar-refractivity contribution in [1.82, 2.24) is 5.32 Å². The van der Waals surface area contributed by atoms with Crippen molar-refractivity contribution in [1.29, 1.82) is 0 Å². The number of aliphatic hydroxyl groups is 1. The largest absolute Gasteiger partial charge is 0.389 e. The summed E-state index contributed by atoms with van der Waals surface area (Å²) in [6.07, 6.45) is 1.81. The molecule has 0 aromatic rings. The van der Waals surface area contributed by atoms with Crippen molar-refractivity contribution in [2.24, 2.45) is 5.92 Å². The number of aliphatic hydroxyl groups excluding tert-OH is 1. The van der Waals surface area contributed by atoms with Crippen molar-refractivity contribution in [2.45, 2.75) is 52.7 Å². The van der Waals surface area contributed by atoms with Crippen molar-refractivity contribution in [2.75, 3.05) is 33.0 Å². The zero-order valence-electron chi connectivity index (χ0n) is 12.4. The minimum atomic E-state index is -0.437. The fraction of sp³-hybridized carbons (Fsp3) is 1.00. The Morgan fingerprint density at radius 3 is 2.44 bits per heavy atom. The van der Waals surface area contributed by atoms with Crippen LogP contribution < -0.4 is 5.32 Å². The molecule has 0 radical (unpaired) electrons. The van der Waals surface area contributed by atoms with E-state index >= 15 is 0 Å². The highest BCUT2D eigenvalue weighted by Gasteiger charge is 2.07. The van der Waals surface area contributed by atoms with Gasteiger partial charge in [0.1, 0.15) is 0 Å². The van der Waals surface area contributed by atoms with E-state index in [0.717, 1.165) is 25.6 Å². The first-order valence-electron chi connectivity index (χ1n) is 7.13. The van der Waals surface area contributed by atoms with Crippen LogP contribution in [0.4, 0.5) is 0 Å². The molecule has 2 N–H and O–H groups in total. The summed E-state index contributed by atoms with van der Waals surface area (Å²) in [6.45, 7) is 11.6. The minimum Gasteiger partial charge on any atom is -0.389 e. The second kappa shape index (κ2) is 11.9. The number of rotatable bonds is 12. The predicted molar refractivity (Wildman–Crippen MR) is 74.9 cm³/mol. The van der Waals surface area contributed by atoms with E-state index in [1.165, 1.54) is 6.42 Å². The molecule has 0 saturated carbocycles. The molecule has 0 aromatic carbocycles. The molecule has 110 valence electrons. The van der Waals surface area contributed by atoms with Gasteiger partial charge >= 0.3 is 0 Å². The third-order valence-electron chi connectivity index (χ3n) is 2.65. The minimum absolute atomic E-state index is 0.264. The van der Waals surface area contributed by atoms with E-state index in [-0.39, 0.29) is 6.04 Å². The Labute approximate surface area is 112 Å². The number of hydrogen-bond acceptors (Lipinski definition) is 4. The smallest absolute Gasteiger partial charge is 0.0897 e. The van der Waals surface area contributed by atoms with Crippen molar-refractivity contribution in [3.63, 3.8) is 0 Å². The summed E-state index contributed by atoms with van der Waals surface area (Å²) in [4.78, 5) is 0. The number of nitrogens with one attached hydrogen (secondary N) is 1. The summed E-state index contributed by atoms with van der Waals surface area (Å²) in [6, 6.07) is 0.264. The highest BCUT2D eigenvalue weighted by molar-refractivity contribution is 4.64. The van der Waals surface area contributed by atoms with E-state index in [9.17, 15) is 5.11 Å².